The molecule has 3 rings (SSSR count). The van der Waals surface area contributed by atoms with E-state index in [2.05, 4.69) is 5.32 Å². The number of methoxy groups -OCH3 is 1. The SMILES string of the molecule is COc1ccccc1NC(=O)N(Cc1cc(Cl)ccc1OS(C)(=O)=O)CC1CCCO1. The quantitative estimate of drug-likeness (QED) is 0.590. The standard InChI is InChI=1S/C21H25ClN2O6S/c1-28-20-8-4-3-7-18(20)23-21(25)24(14-17-6-5-11-29-17)13-15-12-16(22)9-10-19(15)30-31(2,26)27/h3-4,7-10,12,17H,5-6,11,13-14H2,1-2H3,(H,23,25). The molecular formula is C21H25ClN2O6S. The molecular weight excluding hydrogens is 444 g/mol. The van der Waals surface area contributed by atoms with Crippen LogP contribution in [0.1, 0.15) is 18.4 Å². The van der Waals surface area contributed by atoms with Crippen LogP contribution in [-0.2, 0) is 21.4 Å². The molecule has 0 aromatic heterocycles. The van der Waals surface area contributed by atoms with Crippen molar-refractivity contribution in [2.75, 3.05) is 31.8 Å². The lowest BCUT2D eigenvalue weighted by Crippen LogP contribution is -2.39. The number of nitrogens with one attached hydrogen (secondary N) is 1. The Morgan fingerprint density at radius 1 is 1.26 bits per heavy atom. The Morgan fingerprint density at radius 3 is 2.71 bits per heavy atom. The Balaban J connectivity index is 1.87. The van der Waals surface area contributed by atoms with Gasteiger partial charge in [-0.05, 0) is 43.2 Å². The van der Waals surface area contributed by atoms with Crippen LogP contribution >= 0.6 is 11.6 Å². The fourth-order valence-corrected chi connectivity index (χ4v) is 4.00. The number of benzene rings is 2. The third kappa shape index (κ3) is 6.75. The van der Waals surface area contributed by atoms with Crippen LogP contribution in [0, 0.1) is 0 Å². The Bertz CT molecular complexity index is 1020. The number of nitrogens with zero attached hydrogens (tertiary/aromatic N) is 1. The first-order valence-electron chi connectivity index (χ1n) is 9.73. The van der Waals surface area contributed by atoms with Gasteiger partial charge in [0.2, 0.25) is 0 Å². The smallest absolute Gasteiger partial charge is 0.322 e. The van der Waals surface area contributed by atoms with Gasteiger partial charge >= 0.3 is 16.1 Å². The minimum atomic E-state index is -3.75. The van der Waals surface area contributed by atoms with E-state index in [0.29, 0.717) is 35.2 Å². The lowest BCUT2D eigenvalue weighted by atomic mass is 10.1. The van der Waals surface area contributed by atoms with Crippen LogP contribution in [0.2, 0.25) is 5.02 Å². The molecule has 0 spiro atoms. The molecule has 1 aliphatic rings. The van der Waals surface area contributed by atoms with E-state index < -0.39 is 10.1 Å². The Labute approximate surface area is 187 Å². The van der Waals surface area contributed by atoms with Crippen molar-refractivity contribution in [2.24, 2.45) is 0 Å². The van der Waals surface area contributed by atoms with E-state index in [4.69, 9.17) is 25.3 Å². The van der Waals surface area contributed by atoms with Gasteiger partial charge in [-0.15, -0.1) is 0 Å². The molecule has 1 heterocycles. The highest BCUT2D eigenvalue weighted by atomic mass is 35.5. The number of hydrogen-bond donors (Lipinski definition) is 1. The molecule has 2 aromatic rings. The van der Waals surface area contributed by atoms with Gasteiger partial charge in [-0.3, -0.25) is 0 Å². The van der Waals surface area contributed by atoms with E-state index in [-0.39, 0.29) is 24.4 Å². The molecule has 8 nitrogen and oxygen atoms in total. The van der Waals surface area contributed by atoms with Crippen LogP contribution < -0.4 is 14.2 Å². The zero-order valence-corrected chi connectivity index (χ0v) is 18.9. The minimum Gasteiger partial charge on any atom is -0.495 e. The minimum absolute atomic E-state index is 0.0757. The number of carbonyl (C=O) groups excluding carboxylic acids is 1. The first-order chi connectivity index (χ1) is 14.7. The van der Waals surface area contributed by atoms with E-state index in [1.165, 1.54) is 19.2 Å². The summed E-state index contributed by atoms with van der Waals surface area (Å²) in [5, 5.41) is 3.25. The lowest BCUT2D eigenvalue weighted by Gasteiger charge is -2.27. The molecule has 0 aliphatic carbocycles. The van der Waals surface area contributed by atoms with Gasteiger partial charge in [-0.2, -0.15) is 8.42 Å². The predicted molar refractivity (Wildman–Crippen MR) is 118 cm³/mol. The van der Waals surface area contributed by atoms with Crippen molar-refractivity contribution in [1.82, 2.24) is 4.90 Å². The lowest BCUT2D eigenvalue weighted by molar-refractivity contribution is 0.0818. The van der Waals surface area contributed by atoms with Crippen molar-refractivity contribution in [2.45, 2.75) is 25.5 Å². The average Bonchev–Trinajstić information content (AvgIpc) is 3.22. The molecule has 1 aliphatic heterocycles. The summed E-state index contributed by atoms with van der Waals surface area (Å²) in [6.07, 6.45) is 2.61. The summed E-state index contributed by atoms with van der Waals surface area (Å²) >= 11 is 6.13. The van der Waals surface area contributed by atoms with Crippen molar-refractivity contribution in [3.05, 3.63) is 53.1 Å². The van der Waals surface area contributed by atoms with Crippen molar-refractivity contribution >= 4 is 33.4 Å². The van der Waals surface area contributed by atoms with Gasteiger partial charge in [-0.1, -0.05) is 23.7 Å². The molecule has 0 radical (unpaired) electrons. The van der Waals surface area contributed by atoms with E-state index in [9.17, 15) is 13.2 Å². The molecule has 1 atom stereocenters. The number of amides is 2. The number of urea groups is 1. The van der Waals surface area contributed by atoms with Gasteiger partial charge in [0.25, 0.3) is 0 Å². The van der Waals surface area contributed by atoms with Gasteiger partial charge < -0.3 is 23.9 Å². The van der Waals surface area contributed by atoms with Crippen LogP contribution in [0.4, 0.5) is 10.5 Å². The van der Waals surface area contributed by atoms with Crippen molar-refractivity contribution in [1.29, 1.82) is 0 Å². The maximum Gasteiger partial charge on any atom is 0.322 e. The molecule has 1 unspecified atom stereocenters. The Kier molecular flexibility index (Phi) is 7.64. The number of para-hydroxylation sites is 2. The third-order valence-electron chi connectivity index (χ3n) is 4.71. The fourth-order valence-electron chi connectivity index (χ4n) is 3.32. The predicted octanol–water partition coefficient (Wildman–Crippen LogP) is 3.90. The number of rotatable bonds is 8. The zero-order valence-electron chi connectivity index (χ0n) is 17.3. The van der Waals surface area contributed by atoms with E-state index in [1.54, 1.807) is 35.2 Å². The topological polar surface area (TPSA) is 94.2 Å². The van der Waals surface area contributed by atoms with Gasteiger partial charge in [0.15, 0.2) is 0 Å². The number of hydrogen-bond acceptors (Lipinski definition) is 6. The van der Waals surface area contributed by atoms with Crippen LogP contribution in [0.25, 0.3) is 0 Å². The highest BCUT2D eigenvalue weighted by molar-refractivity contribution is 7.86. The molecule has 2 amide bonds. The van der Waals surface area contributed by atoms with E-state index in [0.717, 1.165) is 19.1 Å². The van der Waals surface area contributed by atoms with E-state index >= 15 is 0 Å². The van der Waals surface area contributed by atoms with Crippen LogP contribution in [0.5, 0.6) is 11.5 Å². The van der Waals surface area contributed by atoms with Gasteiger partial charge in [0.1, 0.15) is 11.5 Å². The second kappa shape index (κ2) is 10.2. The maximum absolute atomic E-state index is 13.2. The summed E-state index contributed by atoms with van der Waals surface area (Å²) in [5.41, 5.74) is 0.983. The number of anilines is 1. The van der Waals surface area contributed by atoms with Gasteiger partial charge in [0.05, 0.1) is 31.7 Å². The molecule has 1 N–H and O–H groups in total. The van der Waals surface area contributed by atoms with Gasteiger partial charge in [0, 0.05) is 23.7 Å². The summed E-state index contributed by atoms with van der Waals surface area (Å²) in [7, 11) is -2.23. The van der Waals surface area contributed by atoms with Crippen LogP contribution in [0.3, 0.4) is 0 Å². The van der Waals surface area contributed by atoms with Crippen LogP contribution in [-0.4, -0.2) is 52.0 Å². The third-order valence-corrected chi connectivity index (χ3v) is 5.43. The molecule has 2 aromatic carbocycles. The monoisotopic (exact) mass is 468 g/mol. The van der Waals surface area contributed by atoms with Crippen molar-refractivity contribution < 1.29 is 26.9 Å². The molecule has 1 saturated heterocycles. The summed E-state index contributed by atoms with van der Waals surface area (Å²) < 4.78 is 39.4. The molecule has 0 saturated carbocycles. The molecule has 31 heavy (non-hydrogen) atoms. The normalized spacial score (nSPS) is 16.0. The first-order valence-corrected chi connectivity index (χ1v) is 11.9. The maximum atomic E-state index is 13.2. The first kappa shape index (κ1) is 23.2. The second-order valence-electron chi connectivity index (χ2n) is 7.19. The molecule has 0 bridgehead atoms. The Morgan fingerprint density at radius 2 is 2.03 bits per heavy atom. The summed E-state index contributed by atoms with van der Waals surface area (Å²) in [4.78, 5) is 14.7. The second-order valence-corrected chi connectivity index (χ2v) is 9.20. The van der Waals surface area contributed by atoms with Crippen molar-refractivity contribution in [3.8, 4) is 11.5 Å². The summed E-state index contributed by atoms with van der Waals surface area (Å²) in [5.74, 6) is 0.645. The highest BCUT2D eigenvalue weighted by Gasteiger charge is 2.25. The van der Waals surface area contributed by atoms with Gasteiger partial charge in [-0.25, -0.2) is 4.79 Å². The number of carbonyl (C=O) groups is 1. The number of halogens is 1. The summed E-state index contributed by atoms with van der Waals surface area (Å²) in [6, 6.07) is 11.3. The molecule has 168 valence electrons. The zero-order chi connectivity index (χ0) is 22.4. The average molecular weight is 469 g/mol. The molecule has 10 heteroatoms. The Hall–Kier alpha value is -2.49. The van der Waals surface area contributed by atoms with Crippen LogP contribution in [0.15, 0.2) is 42.5 Å². The van der Waals surface area contributed by atoms with Crippen molar-refractivity contribution in [3.63, 3.8) is 0 Å². The number of ether oxygens (including phenoxy) is 2. The highest BCUT2D eigenvalue weighted by Crippen LogP contribution is 2.28. The molecule has 1 fully saturated rings. The fraction of sp³-hybridized carbons (Fsp3) is 0.381. The van der Waals surface area contributed by atoms with E-state index in [1.807, 2.05) is 0 Å². The summed E-state index contributed by atoms with van der Waals surface area (Å²) in [6.45, 7) is 1.05. The largest absolute Gasteiger partial charge is 0.495 e.